The van der Waals surface area contributed by atoms with Crippen molar-refractivity contribution in [3.05, 3.63) is 0 Å². The van der Waals surface area contributed by atoms with Gasteiger partial charge in [0.15, 0.2) is 0 Å². The summed E-state index contributed by atoms with van der Waals surface area (Å²) in [5.41, 5.74) is 0. The molecule has 0 bridgehead atoms. The van der Waals surface area contributed by atoms with Gasteiger partial charge in [0.1, 0.15) is 0 Å². The van der Waals surface area contributed by atoms with Crippen molar-refractivity contribution in [1.82, 2.24) is 0 Å². The first kappa shape index (κ1) is 14.3. The van der Waals surface area contributed by atoms with Crippen molar-refractivity contribution in [2.45, 2.75) is 77.7 Å². The summed E-state index contributed by atoms with van der Waals surface area (Å²) in [7, 11) is 0. The van der Waals surface area contributed by atoms with E-state index in [0.717, 1.165) is 11.8 Å². The summed E-state index contributed by atoms with van der Waals surface area (Å²) in [4.78, 5) is 4.93. The maximum absolute atomic E-state index is 9.32. The Labute approximate surface area is 112 Å². The molecule has 0 aromatic heterocycles. The molecule has 2 nitrogen and oxygen atoms in total. The van der Waals surface area contributed by atoms with Crippen LogP contribution in [-0.4, -0.2) is 11.4 Å². The van der Waals surface area contributed by atoms with Gasteiger partial charge in [0.25, 0.3) is 0 Å². The van der Waals surface area contributed by atoms with E-state index in [1.807, 2.05) is 0 Å². The Bertz CT molecular complexity index is 225. The zero-order valence-corrected chi connectivity index (χ0v) is 12.1. The van der Waals surface area contributed by atoms with Gasteiger partial charge in [-0.15, -0.1) is 0 Å². The van der Waals surface area contributed by atoms with E-state index >= 15 is 0 Å². The maximum Gasteiger partial charge on any atom is 0.0983 e. The van der Waals surface area contributed by atoms with Crippen molar-refractivity contribution < 1.29 is 10.1 Å². The minimum Gasteiger partial charge on any atom is -0.252 e. The molecule has 0 amide bonds. The molecule has 1 atom stereocenters. The number of hydrogen-bond donors (Lipinski definition) is 1. The first-order valence-electron chi connectivity index (χ1n) is 8.04. The van der Waals surface area contributed by atoms with Gasteiger partial charge >= 0.3 is 0 Å². The molecule has 1 unspecified atom stereocenters. The SMILES string of the molecule is CCC1CCC(C(OO)C2CCC(C)CC2)CC1. The van der Waals surface area contributed by atoms with Crippen LogP contribution in [0.5, 0.6) is 0 Å². The van der Waals surface area contributed by atoms with Gasteiger partial charge in [0.05, 0.1) is 6.10 Å². The van der Waals surface area contributed by atoms with Crippen molar-refractivity contribution in [1.29, 1.82) is 0 Å². The minimum absolute atomic E-state index is 0.121. The predicted molar refractivity (Wildman–Crippen MR) is 74.4 cm³/mol. The molecule has 2 aliphatic carbocycles. The van der Waals surface area contributed by atoms with Gasteiger partial charge in [-0.2, -0.15) is 0 Å². The summed E-state index contributed by atoms with van der Waals surface area (Å²) >= 11 is 0. The van der Waals surface area contributed by atoms with Crippen LogP contribution in [0.25, 0.3) is 0 Å². The van der Waals surface area contributed by atoms with Crippen LogP contribution in [0, 0.1) is 23.7 Å². The quantitative estimate of drug-likeness (QED) is 0.572. The highest BCUT2D eigenvalue weighted by atomic mass is 17.1. The normalized spacial score (nSPS) is 39.5. The molecule has 2 aliphatic rings. The highest BCUT2D eigenvalue weighted by Gasteiger charge is 2.35. The molecule has 0 aromatic rings. The lowest BCUT2D eigenvalue weighted by Crippen LogP contribution is -2.35. The zero-order chi connectivity index (χ0) is 13.0. The van der Waals surface area contributed by atoms with E-state index in [4.69, 9.17) is 4.89 Å². The molecule has 2 saturated carbocycles. The molecule has 0 saturated heterocycles. The Morgan fingerprint density at radius 3 is 1.89 bits per heavy atom. The average molecular weight is 254 g/mol. The monoisotopic (exact) mass is 254 g/mol. The summed E-state index contributed by atoms with van der Waals surface area (Å²) in [5, 5.41) is 9.32. The molecular weight excluding hydrogens is 224 g/mol. The van der Waals surface area contributed by atoms with Crippen LogP contribution in [0.3, 0.4) is 0 Å². The molecule has 0 spiro atoms. The summed E-state index contributed by atoms with van der Waals surface area (Å²) in [6.45, 7) is 4.64. The third-order valence-electron chi connectivity index (χ3n) is 5.58. The van der Waals surface area contributed by atoms with E-state index in [-0.39, 0.29) is 6.10 Å². The van der Waals surface area contributed by atoms with Gasteiger partial charge in [-0.1, -0.05) is 46.0 Å². The maximum atomic E-state index is 9.32. The molecule has 106 valence electrons. The van der Waals surface area contributed by atoms with E-state index in [1.165, 1.54) is 57.8 Å². The topological polar surface area (TPSA) is 29.5 Å². The van der Waals surface area contributed by atoms with Crippen molar-refractivity contribution in [2.24, 2.45) is 23.7 Å². The molecule has 2 rings (SSSR count). The van der Waals surface area contributed by atoms with Crippen LogP contribution in [0.1, 0.15) is 71.6 Å². The van der Waals surface area contributed by atoms with Crippen molar-refractivity contribution in [3.63, 3.8) is 0 Å². The van der Waals surface area contributed by atoms with E-state index < -0.39 is 0 Å². The molecule has 0 radical (unpaired) electrons. The minimum atomic E-state index is 0.121. The molecule has 0 aromatic carbocycles. The Morgan fingerprint density at radius 2 is 1.44 bits per heavy atom. The van der Waals surface area contributed by atoms with Gasteiger partial charge in [-0.3, -0.25) is 5.26 Å². The van der Waals surface area contributed by atoms with Gasteiger partial charge in [0.2, 0.25) is 0 Å². The third-order valence-corrected chi connectivity index (χ3v) is 5.58. The van der Waals surface area contributed by atoms with Crippen molar-refractivity contribution in [3.8, 4) is 0 Å². The summed E-state index contributed by atoms with van der Waals surface area (Å²) < 4.78 is 0. The van der Waals surface area contributed by atoms with Crippen LogP contribution >= 0.6 is 0 Å². The predicted octanol–water partition coefficient (Wildman–Crippen LogP) is 4.89. The Balaban J connectivity index is 1.85. The second-order valence-electron chi connectivity index (χ2n) is 6.78. The molecule has 2 fully saturated rings. The van der Waals surface area contributed by atoms with Crippen LogP contribution in [0.15, 0.2) is 0 Å². The molecule has 0 heterocycles. The van der Waals surface area contributed by atoms with Gasteiger partial charge in [0, 0.05) is 0 Å². The van der Waals surface area contributed by atoms with E-state index in [2.05, 4.69) is 13.8 Å². The van der Waals surface area contributed by atoms with Gasteiger partial charge < -0.3 is 0 Å². The molecule has 2 heteroatoms. The van der Waals surface area contributed by atoms with Crippen LogP contribution in [-0.2, 0) is 4.89 Å². The Hall–Kier alpha value is -0.0800. The lowest BCUT2D eigenvalue weighted by Gasteiger charge is -2.38. The average Bonchev–Trinajstić information content (AvgIpc) is 2.42. The van der Waals surface area contributed by atoms with E-state index in [1.54, 1.807) is 0 Å². The summed E-state index contributed by atoms with van der Waals surface area (Å²) in [6.07, 6.45) is 11.8. The summed E-state index contributed by atoms with van der Waals surface area (Å²) in [5.74, 6) is 3.01. The van der Waals surface area contributed by atoms with E-state index in [9.17, 15) is 5.26 Å². The number of rotatable bonds is 4. The van der Waals surface area contributed by atoms with Crippen molar-refractivity contribution >= 4 is 0 Å². The van der Waals surface area contributed by atoms with E-state index in [0.29, 0.717) is 11.8 Å². The highest BCUT2D eigenvalue weighted by molar-refractivity contribution is 4.84. The molecule has 0 aliphatic heterocycles. The lowest BCUT2D eigenvalue weighted by molar-refractivity contribution is -0.306. The second kappa shape index (κ2) is 6.91. The fraction of sp³-hybridized carbons (Fsp3) is 1.00. The van der Waals surface area contributed by atoms with Gasteiger partial charge in [-0.05, 0) is 49.4 Å². The fourth-order valence-electron chi connectivity index (χ4n) is 4.10. The second-order valence-corrected chi connectivity index (χ2v) is 6.78. The molecular formula is C16H30O2. The van der Waals surface area contributed by atoms with Crippen LogP contribution in [0.4, 0.5) is 0 Å². The zero-order valence-electron chi connectivity index (χ0n) is 12.1. The van der Waals surface area contributed by atoms with Crippen molar-refractivity contribution in [2.75, 3.05) is 0 Å². The molecule has 18 heavy (non-hydrogen) atoms. The number of hydrogen-bond acceptors (Lipinski definition) is 2. The first-order chi connectivity index (χ1) is 8.74. The Kier molecular flexibility index (Phi) is 5.50. The Morgan fingerprint density at radius 1 is 0.944 bits per heavy atom. The van der Waals surface area contributed by atoms with Crippen LogP contribution < -0.4 is 0 Å². The highest BCUT2D eigenvalue weighted by Crippen LogP contribution is 2.40. The standard InChI is InChI=1S/C16H30O2/c1-3-13-6-10-15(11-7-13)16(18-17)14-8-4-12(2)5-9-14/h12-17H,3-11H2,1-2H3. The molecule has 1 N–H and O–H groups in total. The lowest BCUT2D eigenvalue weighted by atomic mass is 9.71. The third kappa shape index (κ3) is 3.48. The van der Waals surface area contributed by atoms with Crippen LogP contribution in [0.2, 0.25) is 0 Å². The fourth-order valence-corrected chi connectivity index (χ4v) is 4.10. The van der Waals surface area contributed by atoms with Gasteiger partial charge in [-0.25, -0.2) is 4.89 Å². The smallest absolute Gasteiger partial charge is 0.0983 e. The summed E-state index contributed by atoms with van der Waals surface area (Å²) in [6, 6.07) is 0. The first-order valence-corrected chi connectivity index (χ1v) is 8.04. The largest absolute Gasteiger partial charge is 0.252 e.